The summed E-state index contributed by atoms with van der Waals surface area (Å²) >= 11 is 0. The Bertz CT molecular complexity index is 455. The highest BCUT2D eigenvalue weighted by Crippen LogP contribution is 2.24. The Hall–Kier alpha value is -1.55. The molecule has 3 heterocycles. The van der Waals surface area contributed by atoms with Crippen LogP contribution in [0.15, 0.2) is 24.7 Å². The molecule has 0 amide bonds. The quantitative estimate of drug-likeness (QED) is 0.728. The zero-order valence-electron chi connectivity index (χ0n) is 8.48. The largest absolute Gasteiger partial charge is 0.360 e. The molecule has 1 unspecified atom stereocenters. The van der Waals surface area contributed by atoms with Crippen molar-refractivity contribution in [3.05, 3.63) is 30.4 Å². The summed E-state index contributed by atoms with van der Waals surface area (Å²) in [5.74, 6) is 0. The molecule has 4 heteroatoms. The Morgan fingerprint density at radius 3 is 3.27 bits per heavy atom. The van der Waals surface area contributed by atoms with Crippen molar-refractivity contribution in [3.8, 4) is 11.4 Å². The Morgan fingerprint density at radius 2 is 2.47 bits per heavy atom. The summed E-state index contributed by atoms with van der Waals surface area (Å²) in [6.45, 7) is 0.892. The summed E-state index contributed by atoms with van der Waals surface area (Å²) in [4.78, 5) is 7.64. The Balaban J connectivity index is 2.05. The number of hydrogen-bond acceptors (Lipinski definition) is 2. The maximum Gasteiger partial charge on any atom is 0.108 e. The fraction of sp³-hybridized carbons (Fsp3) is 0.364. The van der Waals surface area contributed by atoms with Gasteiger partial charge in [-0.05, 0) is 25.0 Å². The molecule has 2 aromatic heterocycles. The molecule has 1 aliphatic rings. The third-order valence-corrected chi connectivity index (χ3v) is 2.98. The molecule has 3 rings (SSSR count). The van der Waals surface area contributed by atoms with E-state index in [0.717, 1.165) is 30.8 Å². The van der Waals surface area contributed by atoms with Crippen LogP contribution >= 0.6 is 0 Å². The van der Waals surface area contributed by atoms with E-state index in [0.29, 0.717) is 0 Å². The highest BCUT2D eigenvalue weighted by atomic mass is 15.1. The van der Waals surface area contributed by atoms with E-state index < -0.39 is 0 Å². The molecule has 0 spiro atoms. The molecular weight excluding hydrogens is 188 g/mol. The van der Waals surface area contributed by atoms with Crippen molar-refractivity contribution in [2.75, 3.05) is 0 Å². The maximum atomic E-state index is 5.92. The van der Waals surface area contributed by atoms with Crippen molar-refractivity contribution in [1.29, 1.82) is 0 Å². The summed E-state index contributed by atoms with van der Waals surface area (Å²) in [5, 5.41) is 0. The first-order chi connectivity index (χ1) is 7.34. The van der Waals surface area contributed by atoms with Crippen molar-refractivity contribution in [2.45, 2.75) is 25.4 Å². The van der Waals surface area contributed by atoms with E-state index in [2.05, 4.69) is 20.6 Å². The average molecular weight is 202 g/mol. The second-order valence-electron chi connectivity index (χ2n) is 4.07. The lowest BCUT2D eigenvalue weighted by molar-refractivity contribution is 0.461. The fourth-order valence-corrected chi connectivity index (χ4v) is 2.20. The van der Waals surface area contributed by atoms with Crippen LogP contribution in [0.25, 0.3) is 11.4 Å². The van der Waals surface area contributed by atoms with E-state index in [1.165, 1.54) is 5.69 Å². The first-order valence-electron chi connectivity index (χ1n) is 5.28. The van der Waals surface area contributed by atoms with E-state index in [1.807, 2.05) is 18.6 Å². The number of nitrogens with two attached hydrogens (primary N) is 1. The number of aromatic amines is 1. The topological polar surface area (TPSA) is 59.6 Å². The van der Waals surface area contributed by atoms with Crippen LogP contribution in [0.3, 0.4) is 0 Å². The summed E-state index contributed by atoms with van der Waals surface area (Å²) in [7, 11) is 0. The number of H-pyrrole nitrogens is 1. The lowest BCUT2D eigenvalue weighted by atomic mass is 10.0. The third kappa shape index (κ3) is 1.37. The van der Waals surface area contributed by atoms with Crippen LogP contribution in [0.2, 0.25) is 0 Å². The first-order valence-corrected chi connectivity index (χ1v) is 5.28. The smallest absolute Gasteiger partial charge is 0.108 e. The minimum Gasteiger partial charge on any atom is -0.360 e. The van der Waals surface area contributed by atoms with Crippen LogP contribution in [0.1, 0.15) is 12.1 Å². The van der Waals surface area contributed by atoms with Gasteiger partial charge in [0.05, 0.1) is 12.0 Å². The van der Waals surface area contributed by atoms with Crippen LogP contribution in [-0.4, -0.2) is 20.6 Å². The van der Waals surface area contributed by atoms with Gasteiger partial charge in [-0.3, -0.25) is 0 Å². The van der Waals surface area contributed by atoms with Gasteiger partial charge >= 0.3 is 0 Å². The molecular formula is C11H14N4. The van der Waals surface area contributed by atoms with E-state index >= 15 is 0 Å². The highest BCUT2D eigenvalue weighted by molar-refractivity contribution is 5.57. The number of hydrogen-bond donors (Lipinski definition) is 2. The van der Waals surface area contributed by atoms with Crippen LogP contribution in [0.5, 0.6) is 0 Å². The molecule has 78 valence electrons. The number of nitrogens with zero attached hydrogens (tertiary/aromatic N) is 2. The SMILES string of the molecule is NC1CCc2c(-c3ccc[nH]3)ncn2C1. The van der Waals surface area contributed by atoms with Gasteiger partial charge in [-0.1, -0.05) is 0 Å². The normalized spacial score (nSPS) is 20.2. The van der Waals surface area contributed by atoms with Gasteiger partial charge in [-0.15, -0.1) is 0 Å². The molecule has 0 fully saturated rings. The molecule has 1 aliphatic heterocycles. The van der Waals surface area contributed by atoms with Crippen LogP contribution in [-0.2, 0) is 13.0 Å². The standard InChI is InChI=1S/C11H14N4/c12-8-3-4-10-11(9-2-1-5-13-9)14-7-15(10)6-8/h1-2,5,7-8,13H,3-4,6,12H2. The molecule has 4 nitrogen and oxygen atoms in total. The van der Waals surface area contributed by atoms with Crippen molar-refractivity contribution >= 4 is 0 Å². The zero-order valence-corrected chi connectivity index (χ0v) is 8.48. The summed E-state index contributed by atoms with van der Waals surface area (Å²) in [5.41, 5.74) is 9.40. The van der Waals surface area contributed by atoms with Crippen LogP contribution in [0, 0.1) is 0 Å². The number of aromatic nitrogens is 3. The number of nitrogens with one attached hydrogen (secondary N) is 1. The molecule has 1 atom stereocenters. The van der Waals surface area contributed by atoms with Gasteiger partial charge in [0, 0.05) is 24.5 Å². The summed E-state index contributed by atoms with van der Waals surface area (Å²) < 4.78 is 2.17. The Morgan fingerprint density at radius 1 is 1.53 bits per heavy atom. The van der Waals surface area contributed by atoms with Crippen LogP contribution < -0.4 is 5.73 Å². The molecule has 3 N–H and O–H groups in total. The molecule has 0 aromatic carbocycles. The maximum absolute atomic E-state index is 5.92. The highest BCUT2D eigenvalue weighted by Gasteiger charge is 2.20. The lowest BCUT2D eigenvalue weighted by Crippen LogP contribution is -2.31. The van der Waals surface area contributed by atoms with Crippen molar-refractivity contribution in [3.63, 3.8) is 0 Å². The third-order valence-electron chi connectivity index (χ3n) is 2.98. The number of fused-ring (bicyclic) bond motifs is 1. The van der Waals surface area contributed by atoms with Crippen molar-refractivity contribution < 1.29 is 0 Å². The molecule has 0 saturated heterocycles. The van der Waals surface area contributed by atoms with E-state index in [4.69, 9.17) is 5.73 Å². The number of imidazole rings is 1. The van der Waals surface area contributed by atoms with Gasteiger partial charge in [0.2, 0.25) is 0 Å². The van der Waals surface area contributed by atoms with E-state index in [9.17, 15) is 0 Å². The predicted molar refractivity (Wildman–Crippen MR) is 58.3 cm³/mol. The first kappa shape index (κ1) is 8.73. The van der Waals surface area contributed by atoms with Crippen LogP contribution in [0.4, 0.5) is 0 Å². The van der Waals surface area contributed by atoms with Gasteiger partial charge in [0.25, 0.3) is 0 Å². The molecule has 0 radical (unpaired) electrons. The van der Waals surface area contributed by atoms with Gasteiger partial charge in [-0.25, -0.2) is 4.98 Å². The summed E-state index contributed by atoms with van der Waals surface area (Å²) in [6, 6.07) is 4.33. The lowest BCUT2D eigenvalue weighted by Gasteiger charge is -2.21. The monoisotopic (exact) mass is 202 g/mol. The fourth-order valence-electron chi connectivity index (χ4n) is 2.20. The minimum atomic E-state index is 0.281. The Labute approximate surface area is 88.1 Å². The Kier molecular flexibility index (Phi) is 1.89. The van der Waals surface area contributed by atoms with Gasteiger partial charge in [-0.2, -0.15) is 0 Å². The molecule has 0 saturated carbocycles. The van der Waals surface area contributed by atoms with E-state index in [1.54, 1.807) is 0 Å². The van der Waals surface area contributed by atoms with Gasteiger partial charge < -0.3 is 15.3 Å². The molecule has 0 bridgehead atoms. The summed E-state index contributed by atoms with van der Waals surface area (Å²) in [6.07, 6.45) is 5.90. The number of rotatable bonds is 1. The zero-order chi connectivity index (χ0) is 10.3. The molecule has 15 heavy (non-hydrogen) atoms. The molecule has 0 aliphatic carbocycles. The second kappa shape index (κ2) is 3.24. The van der Waals surface area contributed by atoms with Crippen molar-refractivity contribution in [2.24, 2.45) is 5.73 Å². The van der Waals surface area contributed by atoms with Crippen molar-refractivity contribution in [1.82, 2.24) is 14.5 Å². The average Bonchev–Trinajstić information content (AvgIpc) is 2.82. The van der Waals surface area contributed by atoms with Gasteiger partial charge in [0.1, 0.15) is 5.69 Å². The molecule has 2 aromatic rings. The minimum absolute atomic E-state index is 0.281. The second-order valence-corrected chi connectivity index (χ2v) is 4.07. The predicted octanol–water partition coefficient (Wildman–Crippen LogP) is 1.15. The van der Waals surface area contributed by atoms with E-state index in [-0.39, 0.29) is 6.04 Å². The van der Waals surface area contributed by atoms with Gasteiger partial charge in [0.15, 0.2) is 0 Å².